The minimum atomic E-state index is -3.65. The standard InChI is InChI=1S/C15H20FNO3S2/c1-10-6-12-7-13(2-3-15(12)20-10)22(18,19)17-5-4-11(9-21)14(16)8-17/h2-3,7,10-11,14,21H,4-6,8-9H2,1H3/t10?,11-,14+/m1/s1. The molecule has 2 heterocycles. The fraction of sp³-hybridized carbons (Fsp3) is 0.600. The molecule has 0 N–H and O–H groups in total. The number of rotatable bonds is 3. The number of fused-ring (bicyclic) bond motifs is 1. The van der Waals surface area contributed by atoms with Crippen LogP contribution >= 0.6 is 12.6 Å². The van der Waals surface area contributed by atoms with Crippen molar-refractivity contribution in [2.24, 2.45) is 5.92 Å². The van der Waals surface area contributed by atoms with Crippen LogP contribution in [0.4, 0.5) is 4.39 Å². The summed E-state index contributed by atoms with van der Waals surface area (Å²) in [5.74, 6) is 1.02. The van der Waals surface area contributed by atoms with E-state index >= 15 is 0 Å². The van der Waals surface area contributed by atoms with Crippen molar-refractivity contribution < 1.29 is 17.5 Å². The van der Waals surface area contributed by atoms with E-state index in [1.165, 1.54) is 4.31 Å². The van der Waals surface area contributed by atoms with Crippen LogP contribution in [0, 0.1) is 5.92 Å². The number of alkyl halides is 1. The van der Waals surface area contributed by atoms with Crippen LogP contribution in [-0.2, 0) is 16.4 Å². The van der Waals surface area contributed by atoms with E-state index in [1.807, 2.05) is 6.92 Å². The number of piperidine rings is 1. The third-order valence-corrected chi connectivity index (χ3v) is 6.71. The van der Waals surface area contributed by atoms with Gasteiger partial charge in [-0.3, -0.25) is 0 Å². The normalized spacial score (nSPS) is 29.1. The van der Waals surface area contributed by atoms with E-state index in [0.29, 0.717) is 25.1 Å². The molecule has 3 rings (SSSR count). The van der Waals surface area contributed by atoms with Crippen molar-refractivity contribution in [3.8, 4) is 5.75 Å². The first kappa shape index (κ1) is 16.1. The number of benzene rings is 1. The first-order chi connectivity index (χ1) is 10.4. The van der Waals surface area contributed by atoms with E-state index < -0.39 is 16.2 Å². The van der Waals surface area contributed by atoms with E-state index in [0.717, 1.165) is 11.3 Å². The fourth-order valence-corrected chi connectivity index (χ4v) is 4.98. The van der Waals surface area contributed by atoms with Crippen LogP contribution < -0.4 is 4.74 Å². The molecule has 2 aliphatic rings. The van der Waals surface area contributed by atoms with Gasteiger partial charge in [0.2, 0.25) is 10.0 Å². The summed E-state index contributed by atoms with van der Waals surface area (Å²) in [5, 5.41) is 0. The Hall–Kier alpha value is -0.790. The monoisotopic (exact) mass is 345 g/mol. The van der Waals surface area contributed by atoms with Crippen LogP contribution in [0.1, 0.15) is 18.9 Å². The van der Waals surface area contributed by atoms with Gasteiger partial charge in [-0.2, -0.15) is 16.9 Å². The van der Waals surface area contributed by atoms with Crippen molar-refractivity contribution in [2.75, 3.05) is 18.8 Å². The van der Waals surface area contributed by atoms with Crippen LogP contribution in [0.5, 0.6) is 5.75 Å². The molecule has 2 aliphatic heterocycles. The Labute approximate surface area is 136 Å². The summed E-state index contributed by atoms with van der Waals surface area (Å²) in [6.45, 7) is 2.21. The largest absolute Gasteiger partial charge is 0.490 e. The Balaban J connectivity index is 1.84. The van der Waals surface area contributed by atoms with Gasteiger partial charge < -0.3 is 4.74 Å². The molecule has 4 nitrogen and oxygen atoms in total. The number of hydrogen-bond donors (Lipinski definition) is 1. The van der Waals surface area contributed by atoms with Crippen LogP contribution in [-0.4, -0.2) is 43.8 Å². The summed E-state index contributed by atoms with van der Waals surface area (Å²) in [6, 6.07) is 4.90. The van der Waals surface area contributed by atoms with E-state index in [9.17, 15) is 12.8 Å². The van der Waals surface area contributed by atoms with Gasteiger partial charge in [-0.25, -0.2) is 12.8 Å². The Kier molecular flexibility index (Phi) is 4.40. The second-order valence-corrected chi connectivity index (χ2v) is 8.32. The summed E-state index contributed by atoms with van der Waals surface area (Å²) < 4.78 is 46.3. The summed E-state index contributed by atoms with van der Waals surface area (Å²) in [5.41, 5.74) is 0.899. The molecule has 0 amide bonds. The third kappa shape index (κ3) is 2.86. The summed E-state index contributed by atoms with van der Waals surface area (Å²) >= 11 is 4.13. The van der Waals surface area contributed by atoms with Crippen molar-refractivity contribution in [1.82, 2.24) is 4.31 Å². The minimum Gasteiger partial charge on any atom is -0.490 e. The number of sulfonamides is 1. The van der Waals surface area contributed by atoms with Crippen molar-refractivity contribution in [1.29, 1.82) is 0 Å². The molecule has 1 aromatic carbocycles. The first-order valence-electron chi connectivity index (χ1n) is 7.46. The zero-order valence-corrected chi connectivity index (χ0v) is 14.1. The van der Waals surface area contributed by atoms with Gasteiger partial charge in [0.1, 0.15) is 18.0 Å². The molecule has 1 saturated heterocycles. The van der Waals surface area contributed by atoms with E-state index in [2.05, 4.69) is 12.6 Å². The minimum absolute atomic E-state index is 0.0642. The van der Waals surface area contributed by atoms with Crippen molar-refractivity contribution in [2.45, 2.75) is 36.9 Å². The zero-order valence-electron chi connectivity index (χ0n) is 12.4. The van der Waals surface area contributed by atoms with Gasteiger partial charge >= 0.3 is 0 Å². The Morgan fingerprint density at radius 2 is 2.23 bits per heavy atom. The maximum Gasteiger partial charge on any atom is 0.243 e. The lowest BCUT2D eigenvalue weighted by Crippen LogP contribution is -2.45. The molecule has 0 radical (unpaired) electrons. The van der Waals surface area contributed by atoms with Gasteiger partial charge in [-0.1, -0.05) is 0 Å². The maximum absolute atomic E-state index is 14.0. The van der Waals surface area contributed by atoms with Crippen molar-refractivity contribution in [3.05, 3.63) is 23.8 Å². The molecule has 1 aromatic rings. The molecule has 1 unspecified atom stereocenters. The predicted molar refractivity (Wildman–Crippen MR) is 85.9 cm³/mol. The highest BCUT2D eigenvalue weighted by Gasteiger charge is 2.35. The van der Waals surface area contributed by atoms with Crippen LogP contribution in [0.25, 0.3) is 0 Å². The fourth-order valence-electron chi connectivity index (χ4n) is 3.06. The molecule has 0 spiro atoms. The number of thiol groups is 1. The Bertz CT molecular complexity index is 665. The molecule has 7 heteroatoms. The summed E-state index contributed by atoms with van der Waals surface area (Å²) in [7, 11) is -3.65. The Morgan fingerprint density at radius 1 is 1.45 bits per heavy atom. The number of nitrogens with zero attached hydrogens (tertiary/aromatic N) is 1. The molecule has 0 aromatic heterocycles. The van der Waals surface area contributed by atoms with E-state index in [4.69, 9.17) is 4.74 Å². The average Bonchev–Trinajstić information content (AvgIpc) is 2.86. The third-order valence-electron chi connectivity index (χ3n) is 4.38. The number of hydrogen-bond acceptors (Lipinski definition) is 4. The summed E-state index contributed by atoms with van der Waals surface area (Å²) in [6.07, 6.45) is 0.120. The number of halogens is 1. The van der Waals surface area contributed by atoms with Crippen molar-refractivity contribution >= 4 is 22.7 Å². The number of ether oxygens (including phenoxy) is 1. The maximum atomic E-state index is 14.0. The van der Waals surface area contributed by atoms with Gasteiger partial charge in [-0.15, -0.1) is 0 Å². The average molecular weight is 345 g/mol. The van der Waals surface area contributed by atoms with E-state index in [1.54, 1.807) is 18.2 Å². The Morgan fingerprint density at radius 3 is 2.91 bits per heavy atom. The molecular formula is C15H20FNO3S2. The molecule has 3 atom stereocenters. The smallest absolute Gasteiger partial charge is 0.243 e. The van der Waals surface area contributed by atoms with Gasteiger partial charge in [-0.05, 0) is 42.9 Å². The van der Waals surface area contributed by atoms with Gasteiger partial charge in [0.25, 0.3) is 0 Å². The molecular weight excluding hydrogens is 325 g/mol. The summed E-state index contributed by atoms with van der Waals surface area (Å²) in [4.78, 5) is 0.223. The lowest BCUT2D eigenvalue weighted by Gasteiger charge is -2.33. The SMILES string of the molecule is CC1Cc2cc(S(=O)(=O)N3CC[C@H](CS)[C@@H](F)C3)ccc2O1. The zero-order chi connectivity index (χ0) is 15.9. The topological polar surface area (TPSA) is 46.6 Å². The lowest BCUT2D eigenvalue weighted by atomic mass is 9.98. The molecule has 122 valence electrons. The second kappa shape index (κ2) is 6.02. The molecule has 0 aliphatic carbocycles. The van der Waals surface area contributed by atoms with Crippen molar-refractivity contribution in [3.63, 3.8) is 0 Å². The highest BCUT2D eigenvalue weighted by atomic mass is 32.2. The first-order valence-corrected chi connectivity index (χ1v) is 9.53. The highest BCUT2D eigenvalue weighted by Crippen LogP contribution is 2.33. The predicted octanol–water partition coefficient (Wildman–Crippen LogP) is 2.29. The molecule has 22 heavy (non-hydrogen) atoms. The van der Waals surface area contributed by atoms with Crippen LogP contribution in [0.2, 0.25) is 0 Å². The second-order valence-electron chi connectivity index (χ2n) is 6.01. The molecule has 0 saturated carbocycles. The van der Waals surface area contributed by atoms with Gasteiger partial charge in [0.05, 0.1) is 4.90 Å². The van der Waals surface area contributed by atoms with Gasteiger partial charge in [0, 0.05) is 25.4 Å². The highest BCUT2D eigenvalue weighted by molar-refractivity contribution is 7.89. The lowest BCUT2D eigenvalue weighted by molar-refractivity contribution is 0.147. The quantitative estimate of drug-likeness (QED) is 0.855. The molecule has 0 bridgehead atoms. The van der Waals surface area contributed by atoms with Crippen LogP contribution in [0.3, 0.4) is 0 Å². The van der Waals surface area contributed by atoms with Crippen LogP contribution in [0.15, 0.2) is 23.1 Å². The van der Waals surface area contributed by atoms with Gasteiger partial charge in [0.15, 0.2) is 0 Å². The van der Waals surface area contributed by atoms with E-state index in [-0.39, 0.29) is 23.5 Å². The molecule has 1 fully saturated rings.